The summed E-state index contributed by atoms with van der Waals surface area (Å²) in [6.07, 6.45) is 3.01. The maximum absolute atomic E-state index is 11.9. The van der Waals surface area contributed by atoms with Crippen molar-refractivity contribution in [2.45, 2.75) is 0 Å². The minimum atomic E-state index is -1.75. The van der Waals surface area contributed by atoms with E-state index in [4.69, 9.17) is 55.4 Å². The van der Waals surface area contributed by atoms with E-state index in [2.05, 4.69) is 9.98 Å². The molecule has 21 heteroatoms. The van der Waals surface area contributed by atoms with E-state index in [1.807, 2.05) is 0 Å². The summed E-state index contributed by atoms with van der Waals surface area (Å²) in [4.78, 5) is 33.1. The number of benzene rings is 2. The molecule has 0 fully saturated rings. The minimum Gasteiger partial charge on any atom is -0.870 e. The Hall–Kier alpha value is -3.56. The molecule has 0 spiro atoms. The van der Waals surface area contributed by atoms with Gasteiger partial charge in [0.05, 0.1) is 42.6 Å². The SMILES string of the molecule is COc1cccc(C=NCCN=Cc2cccc(OC)c2[O-])c1[O-].O=[N+]([O-])[O-].O=[N+]([O-])[O-].O=[N+]([O-])[O-].[Dy+3].[OH3+].[Zn+2]. The maximum Gasteiger partial charge on any atom is 3.00 e. The van der Waals surface area contributed by atoms with Gasteiger partial charge in [0.1, 0.15) is 11.5 Å². The smallest absolute Gasteiger partial charge is 0.870 e. The van der Waals surface area contributed by atoms with Crippen molar-refractivity contribution in [3.63, 3.8) is 0 Å². The van der Waals surface area contributed by atoms with Crippen molar-refractivity contribution in [1.82, 2.24) is 0 Å². The number of hydrogen-bond acceptors (Lipinski definition) is 15. The summed E-state index contributed by atoms with van der Waals surface area (Å²) in [5, 5.41) is 68.1. The predicted octanol–water partition coefficient (Wildman–Crippen LogP) is -0.253. The molecule has 0 unspecified atom stereocenters. The number of hydrogen-bond donors (Lipinski definition) is 0. The molecular formula is C18H21DyN5O14Zn+. The number of aliphatic imine (C=N–C) groups is 2. The van der Waals surface area contributed by atoms with Crippen LogP contribution in [-0.2, 0) is 25.0 Å². The maximum atomic E-state index is 11.9. The number of methoxy groups -OCH3 is 2. The van der Waals surface area contributed by atoms with Crippen molar-refractivity contribution < 1.29 is 98.1 Å². The zero-order valence-corrected chi connectivity index (χ0v) is 25.2. The number of nitrogens with zero attached hydrogens (tertiary/aromatic N) is 5. The molecule has 2 aromatic rings. The zero-order chi connectivity index (χ0) is 28.1. The molecule has 0 saturated heterocycles. The Bertz CT molecular complexity index is 941. The number of para-hydroxylation sites is 2. The Kier molecular flexibility index (Phi) is 32.0. The van der Waals surface area contributed by atoms with Gasteiger partial charge in [-0.05, 0) is 23.3 Å². The van der Waals surface area contributed by atoms with Gasteiger partial charge in [-0.2, -0.15) is 0 Å². The van der Waals surface area contributed by atoms with Crippen LogP contribution in [0.2, 0.25) is 0 Å². The topological polar surface area (TPSA) is 321 Å². The van der Waals surface area contributed by atoms with Crippen molar-refractivity contribution >= 4 is 12.4 Å². The molecule has 0 amide bonds. The summed E-state index contributed by atoms with van der Waals surface area (Å²) in [7, 11) is 2.91. The first kappa shape index (κ1) is 45.4. The fourth-order valence-corrected chi connectivity index (χ4v) is 2.03. The second kappa shape index (κ2) is 27.5. The molecule has 2 rings (SSSR count). The Labute approximate surface area is 262 Å². The fraction of sp³-hybridized carbons (Fsp3) is 0.222. The first-order valence-electron chi connectivity index (χ1n) is 8.99. The quantitative estimate of drug-likeness (QED) is 0.0879. The van der Waals surface area contributed by atoms with Gasteiger partial charge in [0, 0.05) is 12.4 Å². The average Bonchev–Trinajstić information content (AvgIpc) is 2.77. The van der Waals surface area contributed by atoms with Crippen LogP contribution in [0.25, 0.3) is 0 Å². The zero-order valence-electron chi connectivity index (χ0n) is 20.2. The van der Waals surface area contributed by atoms with E-state index in [-0.39, 0.29) is 86.1 Å². The van der Waals surface area contributed by atoms with E-state index in [9.17, 15) is 10.2 Å². The van der Waals surface area contributed by atoms with Crippen LogP contribution < -0.4 is 19.7 Å². The van der Waals surface area contributed by atoms with Gasteiger partial charge >= 0.3 is 57.7 Å². The largest absolute Gasteiger partial charge is 3.00 e. The van der Waals surface area contributed by atoms with E-state index in [1.54, 1.807) is 36.4 Å². The second-order valence-corrected chi connectivity index (χ2v) is 5.50. The van der Waals surface area contributed by atoms with Crippen molar-refractivity contribution in [2.24, 2.45) is 9.98 Å². The van der Waals surface area contributed by atoms with Gasteiger partial charge in [0.25, 0.3) is 0 Å². The predicted molar refractivity (Wildman–Crippen MR) is 126 cm³/mol. The van der Waals surface area contributed by atoms with Crippen LogP contribution in [-0.4, -0.2) is 55.0 Å². The van der Waals surface area contributed by atoms with Crippen molar-refractivity contribution in [3.05, 3.63) is 93.5 Å². The van der Waals surface area contributed by atoms with Crippen LogP contribution in [0.5, 0.6) is 23.0 Å². The monoisotopic (exact) mass is 759 g/mol. The molecule has 213 valence electrons. The molecule has 0 aromatic heterocycles. The number of rotatable bonds is 7. The summed E-state index contributed by atoms with van der Waals surface area (Å²) < 4.78 is 9.94. The summed E-state index contributed by atoms with van der Waals surface area (Å²) in [5.74, 6) is 0.190. The van der Waals surface area contributed by atoms with Crippen LogP contribution in [0.3, 0.4) is 0 Å². The molecule has 39 heavy (non-hydrogen) atoms. The van der Waals surface area contributed by atoms with Gasteiger partial charge in [-0.3, -0.25) is 9.98 Å². The van der Waals surface area contributed by atoms with Gasteiger partial charge in [0.15, 0.2) is 0 Å². The van der Waals surface area contributed by atoms with Crippen molar-refractivity contribution in [2.75, 3.05) is 27.3 Å². The Balaban J connectivity index is -0.000000218. The molecular weight excluding hydrogens is 738 g/mol. The molecule has 3 N–H and O–H groups in total. The van der Waals surface area contributed by atoms with E-state index in [0.717, 1.165) is 0 Å². The van der Waals surface area contributed by atoms with Crippen LogP contribution in [0.15, 0.2) is 46.4 Å². The molecule has 2 aromatic carbocycles. The van der Waals surface area contributed by atoms with Crippen molar-refractivity contribution in [3.8, 4) is 23.0 Å². The van der Waals surface area contributed by atoms with Gasteiger partial charge in [0.2, 0.25) is 0 Å². The van der Waals surface area contributed by atoms with Gasteiger partial charge in [-0.15, -0.1) is 0 Å². The average molecular weight is 759 g/mol. The van der Waals surface area contributed by atoms with Gasteiger partial charge in [-0.25, -0.2) is 0 Å². The molecule has 0 atom stereocenters. The van der Waals surface area contributed by atoms with Crippen LogP contribution >= 0.6 is 0 Å². The molecule has 0 saturated carbocycles. The van der Waals surface area contributed by atoms with Gasteiger partial charge < -0.3 is 71.1 Å². The third-order valence-corrected chi connectivity index (χ3v) is 3.28. The van der Waals surface area contributed by atoms with E-state index in [0.29, 0.717) is 24.2 Å². The third kappa shape index (κ3) is 25.9. The summed E-state index contributed by atoms with van der Waals surface area (Å²) >= 11 is 0. The van der Waals surface area contributed by atoms with E-state index >= 15 is 0 Å². The molecule has 0 aliphatic carbocycles. The summed E-state index contributed by atoms with van der Waals surface area (Å²) in [5.41, 5.74) is 0.931. The van der Waals surface area contributed by atoms with Gasteiger partial charge in [-0.1, -0.05) is 35.8 Å². The Morgan fingerprint density at radius 2 is 0.949 bits per heavy atom. The summed E-state index contributed by atoms with van der Waals surface area (Å²) in [6, 6.07) is 10.0. The molecule has 0 bridgehead atoms. The molecule has 19 nitrogen and oxygen atoms in total. The standard InChI is InChI=1S/C18H20N2O4.Dy.3NO3.H2O.Zn/c1-23-15-7-3-5-13(17(15)21)11-19-9-10-20-12-14-6-4-8-16(24-2)18(14)22;;3*2-1(3)4;;/h3-8,11-12,21-22H,9-10H2,1-2H3;;;;;1H2;/q;+3;3*-1;;+2/p-1. The second-order valence-electron chi connectivity index (χ2n) is 5.50. The molecule has 1 radical (unpaired) electrons. The first-order chi connectivity index (χ1) is 16.9. The Morgan fingerprint density at radius 3 is 1.18 bits per heavy atom. The first-order valence-corrected chi connectivity index (χ1v) is 8.99. The molecule has 0 heterocycles. The van der Waals surface area contributed by atoms with Crippen LogP contribution in [0.4, 0.5) is 0 Å². The normalized spacial score (nSPS) is 8.77. The molecule has 0 aliphatic rings. The van der Waals surface area contributed by atoms with Crippen LogP contribution in [0.1, 0.15) is 11.1 Å². The summed E-state index contributed by atoms with van der Waals surface area (Å²) in [6.45, 7) is 0.816. The molecule has 0 aliphatic heterocycles. The van der Waals surface area contributed by atoms with Crippen LogP contribution in [0, 0.1) is 84.1 Å². The van der Waals surface area contributed by atoms with Crippen molar-refractivity contribution in [1.29, 1.82) is 0 Å². The third-order valence-electron chi connectivity index (χ3n) is 3.28. The van der Waals surface area contributed by atoms with E-state index in [1.165, 1.54) is 26.6 Å². The number of ether oxygens (including phenoxy) is 2. The Morgan fingerprint density at radius 1 is 0.692 bits per heavy atom. The fourth-order valence-electron chi connectivity index (χ4n) is 2.03. The van der Waals surface area contributed by atoms with E-state index < -0.39 is 15.3 Å². The minimum absolute atomic E-state index is 0.